The van der Waals surface area contributed by atoms with Crippen LogP contribution in [0.1, 0.15) is 81.5 Å². The van der Waals surface area contributed by atoms with Gasteiger partial charge in [-0.25, -0.2) is 4.79 Å². The maximum absolute atomic E-state index is 12.0. The number of fused-ring (bicyclic) bond motifs is 1. The standard InChI is InChI=1S/C22H32O6/c1-18(23)25-14-10-8-6-4-2-3-5-7-9-11-15-26-22(24)19-12-13-20-21(16-19)28-17-27-20/h12-13,16H,2-11,14-15,17H2,1H3. The lowest BCUT2D eigenvalue weighted by Gasteiger charge is -2.06. The highest BCUT2D eigenvalue weighted by molar-refractivity contribution is 5.90. The zero-order chi connectivity index (χ0) is 20.0. The van der Waals surface area contributed by atoms with E-state index in [-0.39, 0.29) is 18.7 Å². The quantitative estimate of drug-likeness (QED) is 0.326. The summed E-state index contributed by atoms with van der Waals surface area (Å²) in [6, 6.07) is 5.10. The van der Waals surface area contributed by atoms with Crippen molar-refractivity contribution in [3.63, 3.8) is 0 Å². The summed E-state index contributed by atoms with van der Waals surface area (Å²) in [5.41, 5.74) is 0.497. The minimum Gasteiger partial charge on any atom is -0.466 e. The van der Waals surface area contributed by atoms with E-state index < -0.39 is 0 Å². The number of carbonyl (C=O) groups is 2. The Morgan fingerprint density at radius 3 is 1.93 bits per heavy atom. The van der Waals surface area contributed by atoms with E-state index in [4.69, 9.17) is 18.9 Å². The van der Waals surface area contributed by atoms with E-state index in [0.29, 0.717) is 30.3 Å². The number of carbonyl (C=O) groups excluding carboxylic acids is 2. The lowest BCUT2D eigenvalue weighted by Crippen LogP contribution is -2.06. The molecule has 0 spiro atoms. The van der Waals surface area contributed by atoms with Crippen molar-refractivity contribution in [3.8, 4) is 11.5 Å². The van der Waals surface area contributed by atoms with Gasteiger partial charge in [0.1, 0.15) is 0 Å². The van der Waals surface area contributed by atoms with Crippen LogP contribution >= 0.6 is 0 Å². The maximum atomic E-state index is 12.0. The largest absolute Gasteiger partial charge is 0.466 e. The average Bonchev–Trinajstić information content (AvgIpc) is 3.15. The third-order valence-electron chi connectivity index (χ3n) is 4.69. The molecule has 28 heavy (non-hydrogen) atoms. The van der Waals surface area contributed by atoms with E-state index in [1.54, 1.807) is 18.2 Å². The number of ether oxygens (including phenoxy) is 4. The van der Waals surface area contributed by atoms with Crippen LogP contribution in [0.4, 0.5) is 0 Å². The minimum absolute atomic E-state index is 0.192. The zero-order valence-corrected chi connectivity index (χ0v) is 16.9. The maximum Gasteiger partial charge on any atom is 0.338 e. The van der Waals surface area contributed by atoms with Crippen LogP contribution in [0.15, 0.2) is 18.2 Å². The number of esters is 2. The Kier molecular flexibility index (Phi) is 10.3. The van der Waals surface area contributed by atoms with Crippen LogP contribution in [-0.4, -0.2) is 31.9 Å². The van der Waals surface area contributed by atoms with Gasteiger partial charge in [0.15, 0.2) is 11.5 Å². The molecule has 0 saturated heterocycles. The molecule has 0 bridgehead atoms. The number of hydrogen-bond acceptors (Lipinski definition) is 6. The number of hydrogen-bond donors (Lipinski definition) is 0. The molecule has 0 fully saturated rings. The number of unbranched alkanes of at least 4 members (excludes halogenated alkanes) is 9. The highest BCUT2D eigenvalue weighted by Gasteiger charge is 2.16. The summed E-state index contributed by atoms with van der Waals surface area (Å²) in [4.78, 5) is 22.7. The van der Waals surface area contributed by atoms with Gasteiger partial charge in [-0.3, -0.25) is 4.79 Å². The van der Waals surface area contributed by atoms with E-state index in [1.165, 1.54) is 45.4 Å². The Labute approximate surface area is 167 Å². The fourth-order valence-corrected chi connectivity index (χ4v) is 3.11. The minimum atomic E-state index is -0.313. The highest BCUT2D eigenvalue weighted by Crippen LogP contribution is 2.32. The van der Waals surface area contributed by atoms with E-state index in [9.17, 15) is 9.59 Å². The fraction of sp³-hybridized carbons (Fsp3) is 0.636. The topological polar surface area (TPSA) is 71.1 Å². The number of benzene rings is 1. The summed E-state index contributed by atoms with van der Waals surface area (Å²) in [6.45, 7) is 2.65. The molecule has 0 aromatic heterocycles. The van der Waals surface area contributed by atoms with Crippen molar-refractivity contribution in [1.82, 2.24) is 0 Å². The molecule has 0 amide bonds. The van der Waals surface area contributed by atoms with Gasteiger partial charge in [0, 0.05) is 6.92 Å². The summed E-state index contributed by atoms with van der Waals surface area (Å²) < 4.78 is 20.7. The van der Waals surface area contributed by atoms with Gasteiger partial charge in [-0.05, 0) is 31.0 Å². The first-order valence-electron chi connectivity index (χ1n) is 10.4. The summed E-state index contributed by atoms with van der Waals surface area (Å²) >= 11 is 0. The third kappa shape index (κ3) is 8.63. The molecule has 0 radical (unpaired) electrons. The van der Waals surface area contributed by atoms with Crippen molar-refractivity contribution in [2.45, 2.75) is 71.1 Å². The third-order valence-corrected chi connectivity index (χ3v) is 4.69. The average molecular weight is 392 g/mol. The van der Waals surface area contributed by atoms with E-state index in [2.05, 4.69) is 0 Å². The SMILES string of the molecule is CC(=O)OCCCCCCCCCCCCOC(=O)c1ccc2c(c1)OCO2. The molecular formula is C22H32O6. The van der Waals surface area contributed by atoms with Gasteiger partial charge in [0.2, 0.25) is 6.79 Å². The Balaban J connectivity index is 1.38. The summed E-state index contributed by atoms with van der Waals surface area (Å²) in [5, 5.41) is 0. The molecule has 1 aromatic rings. The van der Waals surface area contributed by atoms with Crippen molar-refractivity contribution >= 4 is 11.9 Å². The van der Waals surface area contributed by atoms with Crippen molar-refractivity contribution in [2.24, 2.45) is 0 Å². The molecule has 0 unspecified atom stereocenters. The van der Waals surface area contributed by atoms with Crippen LogP contribution in [0.25, 0.3) is 0 Å². The summed E-state index contributed by atoms with van der Waals surface area (Å²) in [7, 11) is 0. The Hall–Kier alpha value is -2.24. The van der Waals surface area contributed by atoms with Crippen LogP contribution in [-0.2, 0) is 14.3 Å². The molecule has 1 aromatic carbocycles. The van der Waals surface area contributed by atoms with Crippen LogP contribution in [0.2, 0.25) is 0 Å². The van der Waals surface area contributed by atoms with E-state index >= 15 is 0 Å². The Morgan fingerprint density at radius 1 is 0.786 bits per heavy atom. The molecule has 0 saturated carbocycles. The molecule has 1 heterocycles. The second-order valence-corrected chi connectivity index (χ2v) is 7.08. The predicted molar refractivity (Wildman–Crippen MR) is 106 cm³/mol. The molecule has 2 rings (SSSR count). The normalized spacial score (nSPS) is 12.0. The van der Waals surface area contributed by atoms with Crippen molar-refractivity contribution in [1.29, 1.82) is 0 Å². The first-order valence-corrected chi connectivity index (χ1v) is 10.4. The van der Waals surface area contributed by atoms with Gasteiger partial charge in [-0.15, -0.1) is 0 Å². The lowest BCUT2D eigenvalue weighted by molar-refractivity contribution is -0.141. The smallest absolute Gasteiger partial charge is 0.338 e. The van der Waals surface area contributed by atoms with Crippen molar-refractivity contribution < 1.29 is 28.5 Å². The molecule has 0 N–H and O–H groups in total. The fourth-order valence-electron chi connectivity index (χ4n) is 3.11. The van der Waals surface area contributed by atoms with Crippen LogP contribution in [0, 0.1) is 0 Å². The first-order chi connectivity index (χ1) is 13.7. The summed E-state index contributed by atoms with van der Waals surface area (Å²) in [6.07, 6.45) is 11.4. The van der Waals surface area contributed by atoms with Gasteiger partial charge < -0.3 is 18.9 Å². The Bertz CT molecular complexity index is 613. The van der Waals surface area contributed by atoms with Gasteiger partial charge in [-0.2, -0.15) is 0 Å². The molecule has 1 aliphatic rings. The molecule has 0 atom stereocenters. The molecule has 1 aliphatic heterocycles. The molecule has 0 aliphatic carbocycles. The van der Waals surface area contributed by atoms with Gasteiger partial charge in [0.05, 0.1) is 18.8 Å². The van der Waals surface area contributed by atoms with Crippen LogP contribution in [0.5, 0.6) is 11.5 Å². The zero-order valence-electron chi connectivity index (χ0n) is 16.9. The lowest BCUT2D eigenvalue weighted by atomic mass is 10.1. The predicted octanol–water partition coefficient (Wildman–Crippen LogP) is 5.04. The van der Waals surface area contributed by atoms with Crippen molar-refractivity contribution in [3.05, 3.63) is 23.8 Å². The van der Waals surface area contributed by atoms with Crippen LogP contribution in [0.3, 0.4) is 0 Å². The second-order valence-electron chi connectivity index (χ2n) is 7.08. The van der Waals surface area contributed by atoms with Crippen LogP contribution < -0.4 is 9.47 Å². The Morgan fingerprint density at radius 2 is 1.32 bits per heavy atom. The van der Waals surface area contributed by atoms with Crippen molar-refractivity contribution in [2.75, 3.05) is 20.0 Å². The molecule has 6 heteroatoms. The van der Waals surface area contributed by atoms with Gasteiger partial charge >= 0.3 is 11.9 Å². The van der Waals surface area contributed by atoms with Gasteiger partial charge in [-0.1, -0.05) is 51.4 Å². The summed E-state index contributed by atoms with van der Waals surface area (Å²) in [5.74, 6) is 0.757. The molecule has 156 valence electrons. The molecule has 6 nitrogen and oxygen atoms in total. The first kappa shape index (κ1) is 22.1. The molecular weight excluding hydrogens is 360 g/mol. The van der Waals surface area contributed by atoms with E-state index in [0.717, 1.165) is 25.7 Å². The monoisotopic (exact) mass is 392 g/mol. The number of rotatable bonds is 14. The van der Waals surface area contributed by atoms with Gasteiger partial charge in [0.25, 0.3) is 0 Å². The second kappa shape index (κ2) is 13.0. The van der Waals surface area contributed by atoms with E-state index in [1.807, 2.05) is 0 Å². The highest BCUT2D eigenvalue weighted by atomic mass is 16.7.